The Morgan fingerprint density at radius 2 is 1.68 bits per heavy atom. The van der Waals surface area contributed by atoms with E-state index < -0.39 is 0 Å². The highest BCUT2D eigenvalue weighted by Crippen LogP contribution is 2.35. The van der Waals surface area contributed by atoms with Gasteiger partial charge in [-0.05, 0) is 11.6 Å². The fourth-order valence-corrected chi connectivity index (χ4v) is 4.01. The number of rotatable bonds is 3. The van der Waals surface area contributed by atoms with Crippen molar-refractivity contribution in [3.05, 3.63) is 100.0 Å². The number of anilines is 1. The van der Waals surface area contributed by atoms with Gasteiger partial charge in [-0.1, -0.05) is 60.7 Å². The zero-order chi connectivity index (χ0) is 21.2. The van der Waals surface area contributed by atoms with Crippen molar-refractivity contribution in [1.29, 1.82) is 5.26 Å². The van der Waals surface area contributed by atoms with Gasteiger partial charge in [-0.2, -0.15) is 10.4 Å². The Hall–Kier alpha value is -4.24. The molecule has 6 nitrogen and oxygen atoms in total. The van der Waals surface area contributed by atoms with E-state index in [2.05, 4.69) is 21.2 Å². The second-order valence-electron chi connectivity index (χ2n) is 7.48. The molecule has 0 unspecified atom stereocenters. The van der Waals surface area contributed by atoms with E-state index in [9.17, 15) is 10.1 Å². The molecule has 0 fully saturated rings. The fraction of sp³-hybridized carbons (Fsp3) is 0.120. The number of aromatic amines is 1. The number of aromatic nitrogens is 3. The van der Waals surface area contributed by atoms with Gasteiger partial charge in [0.25, 0.3) is 5.56 Å². The lowest BCUT2D eigenvalue weighted by Crippen LogP contribution is -2.33. The number of H-pyrrole nitrogens is 1. The van der Waals surface area contributed by atoms with E-state index in [1.54, 1.807) is 6.07 Å². The Labute approximate surface area is 179 Å². The number of nitrogens with zero attached hydrogens (tertiary/aromatic N) is 4. The van der Waals surface area contributed by atoms with Crippen LogP contribution in [0.3, 0.4) is 0 Å². The molecule has 2 aromatic heterocycles. The summed E-state index contributed by atoms with van der Waals surface area (Å²) in [6.07, 6.45) is 0.680. The summed E-state index contributed by atoms with van der Waals surface area (Å²) in [5.74, 6) is 0.631. The Kier molecular flexibility index (Phi) is 4.77. The number of benzene rings is 2. The van der Waals surface area contributed by atoms with Crippen molar-refractivity contribution in [2.75, 3.05) is 11.4 Å². The van der Waals surface area contributed by atoms with E-state index in [-0.39, 0.29) is 5.56 Å². The summed E-state index contributed by atoms with van der Waals surface area (Å²) >= 11 is 0. The largest absolute Gasteiger partial charge is 0.351 e. The van der Waals surface area contributed by atoms with Crippen molar-refractivity contribution >= 4 is 5.82 Å². The highest BCUT2D eigenvalue weighted by atomic mass is 16.1. The van der Waals surface area contributed by atoms with Crippen molar-refractivity contribution in [2.24, 2.45) is 0 Å². The molecule has 31 heavy (non-hydrogen) atoms. The maximum Gasteiger partial charge on any atom is 0.264 e. The van der Waals surface area contributed by atoms with Gasteiger partial charge in [0.15, 0.2) is 0 Å². The number of hydrogen-bond donors (Lipinski definition) is 1. The standard InChI is InChI=1S/C25H19N5O/c26-15-19-13-21(17-7-3-1-4-8-17)24(18-9-5-2-6-10-18)27-25(19)30-12-11-22-20(16-30)14-23(31)29-28-22/h1-10,13-14H,11-12,16H2,(H,29,31). The predicted molar refractivity (Wildman–Crippen MR) is 119 cm³/mol. The third-order valence-corrected chi connectivity index (χ3v) is 5.51. The fourth-order valence-electron chi connectivity index (χ4n) is 4.01. The van der Waals surface area contributed by atoms with Crippen molar-refractivity contribution < 1.29 is 0 Å². The molecular weight excluding hydrogens is 386 g/mol. The van der Waals surface area contributed by atoms with Crippen molar-refractivity contribution in [3.8, 4) is 28.5 Å². The van der Waals surface area contributed by atoms with Gasteiger partial charge in [0, 0.05) is 42.3 Å². The summed E-state index contributed by atoms with van der Waals surface area (Å²) < 4.78 is 0. The zero-order valence-corrected chi connectivity index (χ0v) is 16.7. The van der Waals surface area contributed by atoms with Crippen LogP contribution in [0.1, 0.15) is 16.8 Å². The highest BCUT2D eigenvalue weighted by molar-refractivity contribution is 5.84. The number of pyridine rings is 1. The summed E-state index contributed by atoms with van der Waals surface area (Å²) in [5.41, 5.74) is 5.79. The SMILES string of the molecule is N#Cc1cc(-c2ccccc2)c(-c2ccccc2)nc1N1CCc2n[nH]c(=O)cc2C1. The molecular formula is C25H19N5O. The predicted octanol–water partition coefficient (Wildman–Crippen LogP) is 3.93. The molecule has 6 heteroatoms. The molecule has 2 aromatic carbocycles. The molecule has 5 rings (SSSR count). The van der Waals surface area contributed by atoms with Gasteiger partial charge < -0.3 is 4.90 Å². The molecule has 1 aliphatic heterocycles. The van der Waals surface area contributed by atoms with Crippen LogP contribution in [0.25, 0.3) is 22.4 Å². The molecule has 150 valence electrons. The molecule has 1 aliphatic rings. The van der Waals surface area contributed by atoms with Crippen LogP contribution >= 0.6 is 0 Å². The summed E-state index contributed by atoms with van der Waals surface area (Å²) in [6.45, 7) is 1.17. The van der Waals surface area contributed by atoms with Crippen LogP contribution in [0.4, 0.5) is 5.82 Å². The molecule has 0 saturated carbocycles. The molecule has 4 aromatic rings. The Morgan fingerprint density at radius 3 is 2.39 bits per heavy atom. The van der Waals surface area contributed by atoms with Crippen LogP contribution in [-0.2, 0) is 13.0 Å². The minimum atomic E-state index is -0.224. The lowest BCUT2D eigenvalue weighted by atomic mass is 9.97. The number of nitriles is 1. The van der Waals surface area contributed by atoms with Gasteiger partial charge in [-0.15, -0.1) is 0 Å². The second-order valence-corrected chi connectivity index (χ2v) is 7.48. The van der Waals surface area contributed by atoms with Gasteiger partial charge >= 0.3 is 0 Å². The van der Waals surface area contributed by atoms with Crippen LogP contribution in [0.15, 0.2) is 77.6 Å². The summed E-state index contributed by atoms with van der Waals surface area (Å²) in [6, 6.07) is 25.8. The smallest absolute Gasteiger partial charge is 0.264 e. The van der Waals surface area contributed by atoms with E-state index in [1.807, 2.05) is 66.7 Å². The monoisotopic (exact) mass is 405 g/mol. The van der Waals surface area contributed by atoms with E-state index >= 15 is 0 Å². The molecule has 0 atom stereocenters. The number of fused-ring (bicyclic) bond motifs is 1. The van der Waals surface area contributed by atoms with Crippen LogP contribution in [0.2, 0.25) is 0 Å². The zero-order valence-electron chi connectivity index (χ0n) is 16.7. The minimum absolute atomic E-state index is 0.224. The number of hydrogen-bond acceptors (Lipinski definition) is 5. The third kappa shape index (κ3) is 3.58. The van der Waals surface area contributed by atoms with E-state index in [0.717, 1.165) is 33.6 Å². The van der Waals surface area contributed by atoms with Gasteiger partial charge in [0.1, 0.15) is 11.9 Å². The van der Waals surface area contributed by atoms with E-state index in [4.69, 9.17) is 4.98 Å². The maximum absolute atomic E-state index is 11.7. The molecule has 3 heterocycles. The van der Waals surface area contributed by atoms with E-state index in [0.29, 0.717) is 30.9 Å². The minimum Gasteiger partial charge on any atom is -0.351 e. The topological polar surface area (TPSA) is 85.7 Å². The van der Waals surface area contributed by atoms with Crippen LogP contribution < -0.4 is 10.5 Å². The average molecular weight is 405 g/mol. The first-order valence-electron chi connectivity index (χ1n) is 10.1. The Bertz CT molecular complexity index is 1340. The van der Waals surface area contributed by atoms with Crippen molar-refractivity contribution in [3.63, 3.8) is 0 Å². The number of nitrogens with one attached hydrogen (secondary N) is 1. The van der Waals surface area contributed by atoms with Gasteiger partial charge in [-0.25, -0.2) is 10.1 Å². The molecule has 0 amide bonds. The normalized spacial score (nSPS) is 12.8. The molecule has 0 aliphatic carbocycles. The first-order valence-corrected chi connectivity index (χ1v) is 10.1. The molecule has 1 N–H and O–H groups in total. The summed E-state index contributed by atoms with van der Waals surface area (Å²) in [4.78, 5) is 18.8. The molecule has 0 bridgehead atoms. The Morgan fingerprint density at radius 1 is 0.968 bits per heavy atom. The Balaban J connectivity index is 1.67. The first-order chi connectivity index (χ1) is 15.2. The van der Waals surface area contributed by atoms with Gasteiger partial charge in [0.2, 0.25) is 0 Å². The molecule has 0 saturated heterocycles. The average Bonchev–Trinajstić information content (AvgIpc) is 2.84. The summed E-state index contributed by atoms with van der Waals surface area (Å²) in [5, 5.41) is 16.6. The first kappa shape index (κ1) is 18.8. The highest BCUT2D eigenvalue weighted by Gasteiger charge is 2.24. The lowest BCUT2D eigenvalue weighted by molar-refractivity contribution is 0.683. The quantitative estimate of drug-likeness (QED) is 0.558. The molecule has 0 spiro atoms. The lowest BCUT2D eigenvalue weighted by Gasteiger charge is -2.30. The van der Waals surface area contributed by atoms with E-state index in [1.165, 1.54) is 0 Å². The molecule has 0 radical (unpaired) electrons. The van der Waals surface area contributed by atoms with Crippen molar-refractivity contribution in [2.45, 2.75) is 13.0 Å². The third-order valence-electron chi connectivity index (χ3n) is 5.51. The van der Waals surface area contributed by atoms with Gasteiger partial charge in [-0.3, -0.25) is 4.79 Å². The van der Waals surface area contributed by atoms with Gasteiger partial charge in [0.05, 0.1) is 17.0 Å². The van der Waals surface area contributed by atoms with Crippen LogP contribution in [0, 0.1) is 11.3 Å². The second kappa shape index (κ2) is 7.88. The maximum atomic E-state index is 11.7. The van der Waals surface area contributed by atoms with Crippen LogP contribution in [-0.4, -0.2) is 21.7 Å². The van der Waals surface area contributed by atoms with Crippen molar-refractivity contribution in [1.82, 2.24) is 15.2 Å². The van der Waals surface area contributed by atoms with Crippen LogP contribution in [0.5, 0.6) is 0 Å². The summed E-state index contributed by atoms with van der Waals surface area (Å²) in [7, 11) is 0.